The molecule has 0 aliphatic rings. The van der Waals surface area contributed by atoms with Crippen molar-refractivity contribution in [2.45, 2.75) is 58.9 Å². The summed E-state index contributed by atoms with van der Waals surface area (Å²) in [6, 6.07) is 4.73. The average Bonchev–Trinajstić information content (AvgIpc) is 2.84. The Balaban J connectivity index is 2.19. The number of anilines is 1. The maximum absolute atomic E-state index is 4.30. The van der Waals surface area contributed by atoms with Crippen LogP contribution in [0.5, 0.6) is 0 Å². The van der Waals surface area contributed by atoms with Crippen LogP contribution >= 0.6 is 0 Å². The van der Waals surface area contributed by atoms with E-state index in [-0.39, 0.29) is 0 Å². The van der Waals surface area contributed by atoms with Crippen molar-refractivity contribution in [3.05, 3.63) is 24.0 Å². The van der Waals surface area contributed by atoms with Gasteiger partial charge in [-0.2, -0.15) is 9.61 Å². The van der Waals surface area contributed by atoms with Gasteiger partial charge >= 0.3 is 0 Å². The lowest BCUT2D eigenvalue weighted by atomic mass is 10.1. The fraction of sp³-hybridized carbons (Fsp3) is 0.600. The lowest BCUT2D eigenvalue weighted by Gasteiger charge is -2.19. The minimum atomic E-state index is 0.527. The first-order valence-electron chi connectivity index (χ1n) is 7.31. The molecule has 1 atom stereocenters. The Morgan fingerprint density at radius 3 is 2.79 bits per heavy atom. The third-order valence-corrected chi connectivity index (χ3v) is 3.42. The van der Waals surface area contributed by atoms with E-state index in [1.807, 2.05) is 4.52 Å². The van der Waals surface area contributed by atoms with Crippen molar-refractivity contribution >= 4 is 11.5 Å². The molecular weight excluding hydrogens is 236 g/mol. The number of pyridine rings is 1. The standard InChI is InChI=1S/C15H24N4/c1-4-6-8-13(7-5-2)18-15-10-12(3)9-14-16-11-17-19(14)15/h9-11,13,18H,4-8H2,1-3H3. The summed E-state index contributed by atoms with van der Waals surface area (Å²) >= 11 is 0. The molecule has 0 fully saturated rings. The monoisotopic (exact) mass is 260 g/mol. The molecule has 2 aromatic rings. The van der Waals surface area contributed by atoms with Crippen LogP contribution in [0.1, 0.15) is 51.5 Å². The molecular formula is C15H24N4. The van der Waals surface area contributed by atoms with Crippen LogP contribution in [0.3, 0.4) is 0 Å². The van der Waals surface area contributed by atoms with E-state index in [1.165, 1.54) is 37.7 Å². The second kappa shape index (κ2) is 6.55. The van der Waals surface area contributed by atoms with Crippen LogP contribution in [0.15, 0.2) is 18.5 Å². The number of fused-ring (bicyclic) bond motifs is 1. The molecule has 1 N–H and O–H groups in total. The normalized spacial score (nSPS) is 12.8. The van der Waals surface area contributed by atoms with E-state index in [2.05, 4.69) is 48.3 Å². The molecule has 2 heterocycles. The van der Waals surface area contributed by atoms with Crippen molar-refractivity contribution in [1.82, 2.24) is 14.6 Å². The molecule has 0 saturated carbocycles. The molecule has 0 saturated heterocycles. The van der Waals surface area contributed by atoms with E-state index in [4.69, 9.17) is 0 Å². The van der Waals surface area contributed by atoms with Crippen molar-refractivity contribution in [1.29, 1.82) is 0 Å². The molecule has 2 rings (SSSR count). The van der Waals surface area contributed by atoms with E-state index >= 15 is 0 Å². The number of nitrogens with zero attached hydrogens (tertiary/aromatic N) is 3. The fourth-order valence-corrected chi connectivity index (χ4v) is 2.46. The quantitative estimate of drug-likeness (QED) is 0.823. The van der Waals surface area contributed by atoms with Crippen molar-refractivity contribution in [2.75, 3.05) is 5.32 Å². The number of aromatic nitrogens is 3. The third-order valence-electron chi connectivity index (χ3n) is 3.42. The molecule has 0 radical (unpaired) electrons. The van der Waals surface area contributed by atoms with Gasteiger partial charge in [-0.05, 0) is 37.5 Å². The summed E-state index contributed by atoms with van der Waals surface area (Å²) in [5, 5.41) is 7.94. The Morgan fingerprint density at radius 2 is 2.05 bits per heavy atom. The highest BCUT2D eigenvalue weighted by Crippen LogP contribution is 2.17. The SMILES string of the molecule is CCCCC(CCC)Nc1cc(C)cc2ncnn12. The predicted molar refractivity (Wildman–Crippen MR) is 79.6 cm³/mol. The van der Waals surface area contributed by atoms with Crippen LogP contribution in [-0.2, 0) is 0 Å². The van der Waals surface area contributed by atoms with Crippen LogP contribution in [0.4, 0.5) is 5.82 Å². The van der Waals surface area contributed by atoms with E-state index in [0.717, 1.165) is 11.5 Å². The number of hydrogen-bond acceptors (Lipinski definition) is 3. The first kappa shape index (κ1) is 13.8. The Kier molecular flexibility index (Phi) is 4.77. The van der Waals surface area contributed by atoms with Gasteiger partial charge in [0.25, 0.3) is 0 Å². The summed E-state index contributed by atoms with van der Waals surface area (Å²) < 4.78 is 1.89. The van der Waals surface area contributed by atoms with Crippen molar-refractivity contribution in [3.8, 4) is 0 Å². The van der Waals surface area contributed by atoms with Gasteiger partial charge in [0.15, 0.2) is 5.65 Å². The second-order valence-corrected chi connectivity index (χ2v) is 5.22. The molecule has 0 aliphatic carbocycles. The minimum absolute atomic E-state index is 0.527. The van der Waals surface area contributed by atoms with E-state index < -0.39 is 0 Å². The molecule has 4 nitrogen and oxygen atoms in total. The van der Waals surface area contributed by atoms with Crippen LogP contribution in [0.25, 0.3) is 5.65 Å². The number of nitrogens with one attached hydrogen (secondary N) is 1. The summed E-state index contributed by atoms with van der Waals surface area (Å²) in [4.78, 5) is 4.27. The maximum Gasteiger partial charge on any atom is 0.157 e. The molecule has 19 heavy (non-hydrogen) atoms. The summed E-state index contributed by atoms with van der Waals surface area (Å²) in [5.41, 5.74) is 2.13. The molecule has 104 valence electrons. The Labute approximate surface area is 115 Å². The van der Waals surface area contributed by atoms with Crippen LogP contribution in [-0.4, -0.2) is 20.6 Å². The van der Waals surface area contributed by atoms with Gasteiger partial charge in [0.2, 0.25) is 0 Å². The van der Waals surface area contributed by atoms with Crippen molar-refractivity contribution < 1.29 is 0 Å². The summed E-state index contributed by atoms with van der Waals surface area (Å²) in [6.07, 6.45) is 7.74. The molecule has 0 aliphatic heterocycles. The first-order chi connectivity index (χ1) is 9.24. The zero-order chi connectivity index (χ0) is 13.7. The zero-order valence-electron chi connectivity index (χ0n) is 12.2. The number of rotatable bonds is 7. The van der Waals surface area contributed by atoms with Gasteiger partial charge in [-0.1, -0.05) is 33.1 Å². The number of hydrogen-bond donors (Lipinski definition) is 1. The number of unbranched alkanes of at least 4 members (excludes halogenated alkanes) is 1. The van der Waals surface area contributed by atoms with Gasteiger partial charge in [0.1, 0.15) is 12.1 Å². The Morgan fingerprint density at radius 1 is 1.21 bits per heavy atom. The highest BCUT2D eigenvalue weighted by molar-refractivity contribution is 5.51. The van der Waals surface area contributed by atoms with Crippen LogP contribution in [0.2, 0.25) is 0 Å². The molecule has 0 aromatic carbocycles. The molecule has 4 heteroatoms. The van der Waals surface area contributed by atoms with Gasteiger partial charge < -0.3 is 5.32 Å². The largest absolute Gasteiger partial charge is 0.367 e. The lowest BCUT2D eigenvalue weighted by Crippen LogP contribution is -2.21. The second-order valence-electron chi connectivity index (χ2n) is 5.22. The first-order valence-corrected chi connectivity index (χ1v) is 7.31. The van der Waals surface area contributed by atoms with Gasteiger partial charge in [0.05, 0.1) is 0 Å². The fourth-order valence-electron chi connectivity index (χ4n) is 2.46. The van der Waals surface area contributed by atoms with Crippen molar-refractivity contribution in [2.24, 2.45) is 0 Å². The predicted octanol–water partition coefficient (Wildman–Crippen LogP) is 3.81. The topological polar surface area (TPSA) is 42.2 Å². The highest BCUT2D eigenvalue weighted by atomic mass is 15.3. The molecule has 2 aromatic heterocycles. The van der Waals surface area contributed by atoms with Crippen LogP contribution < -0.4 is 5.32 Å². The maximum atomic E-state index is 4.30. The highest BCUT2D eigenvalue weighted by Gasteiger charge is 2.10. The van der Waals surface area contributed by atoms with Gasteiger partial charge in [-0.15, -0.1) is 0 Å². The van der Waals surface area contributed by atoms with E-state index in [0.29, 0.717) is 6.04 Å². The Hall–Kier alpha value is -1.58. The zero-order valence-corrected chi connectivity index (χ0v) is 12.2. The smallest absolute Gasteiger partial charge is 0.157 e. The molecule has 0 amide bonds. The average molecular weight is 260 g/mol. The van der Waals surface area contributed by atoms with Gasteiger partial charge in [-0.25, -0.2) is 4.98 Å². The van der Waals surface area contributed by atoms with E-state index in [9.17, 15) is 0 Å². The number of aryl methyl sites for hydroxylation is 1. The van der Waals surface area contributed by atoms with Gasteiger partial charge in [0, 0.05) is 6.04 Å². The molecule has 0 bridgehead atoms. The summed E-state index contributed by atoms with van der Waals surface area (Å²) in [6.45, 7) is 6.58. The summed E-state index contributed by atoms with van der Waals surface area (Å²) in [7, 11) is 0. The molecule has 1 unspecified atom stereocenters. The van der Waals surface area contributed by atoms with E-state index in [1.54, 1.807) is 6.33 Å². The minimum Gasteiger partial charge on any atom is -0.367 e. The summed E-state index contributed by atoms with van der Waals surface area (Å²) in [5.74, 6) is 1.06. The van der Waals surface area contributed by atoms with Gasteiger partial charge in [-0.3, -0.25) is 0 Å². The lowest BCUT2D eigenvalue weighted by molar-refractivity contribution is 0.561. The Bertz CT molecular complexity index is 518. The van der Waals surface area contributed by atoms with Crippen molar-refractivity contribution in [3.63, 3.8) is 0 Å². The molecule has 0 spiro atoms. The van der Waals surface area contributed by atoms with Crippen LogP contribution in [0, 0.1) is 6.92 Å². The third kappa shape index (κ3) is 3.46.